The standard InChI is InChI=1S/C14H21BrFN3/c1-5-17-13(19-14(2,3)4)18-9-10-8-11(16)6-7-12(10)15/h6-8H,5,9H2,1-4H3,(H2,17,18,19). The van der Waals surface area contributed by atoms with Gasteiger partial charge in [0.2, 0.25) is 0 Å². The van der Waals surface area contributed by atoms with E-state index < -0.39 is 0 Å². The first-order valence-electron chi connectivity index (χ1n) is 6.32. The van der Waals surface area contributed by atoms with Gasteiger partial charge in [0.1, 0.15) is 5.82 Å². The van der Waals surface area contributed by atoms with E-state index in [4.69, 9.17) is 0 Å². The molecule has 0 saturated carbocycles. The zero-order chi connectivity index (χ0) is 14.5. The van der Waals surface area contributed by atoms with E-state index in [1.165, 1.54) is 12.1 Å². The molecule has 1 rings (SSSR count). The minimum Gasteiger partial charge on any atom is -0.357 e. The fourth-order valence-electron chi connectivity index (χ4n) is 1.49. The highest BCUT2D eigenvalue weighted by atomic mass is 79.9. The van der Waals surface area contributed by atoms with Crippen LogP contribution in [0.15, 0.2) is 27.7 Å². The van der Waals surface area contributed by atoms with Crippen molar-refractivity contribution in [1.82, 2.24) is 10.6 Å². The molecule has 0 saturated heterocycles. The second-order valence-electron chi connectivity index (χ2n) is 5.31. The van der Waals surface area contributed by atoms with Crippen LogP contribution in [0.25, 0.3) is 0 Å². The first-order chi connectivity index (χ1) is 8.81. The van der Waals surface area contributed by atoms with Crippen LogP contribution in [0.5, 0.6) is 0 Å². The fraction of sp³-hybridized carbons (Fsp3) is 0.500. The summed E-state index contributed by atoms with van der Waals surface area (Å²) in [5.41, 5.74) is 0.756. The third-order valence-electron chi connectivity index (χ3n) is 2.25. The maximum absolute atomic E-state index is 13.2. The number of hydrogen-bond acceptors (Lipinski definition) is 1. The van der Waals surface area contributed by atoms with E-state index in [1.807, 2.05) is 6.92 Å². The monoisotopic (exact) mass is 329 g/mol. The SMILES string of the molecule is CCNC(=NCc1cc(F)ccc1Br)NC(C)(C)C. The molecule has 0 radical (unpaired) electrons. The molecule has 0 heterocycles. The molecule has 3 nitrogen and oxygen atoms in total. The van der Waals surface area contributed by atoms with Crippen LogP contribution in [0.2, 0.25) is 0 Å². The third-order valence-corrected chi connectivity index (χ3v) is 3.03. The Bertz CT molecular complexity index is 452. The lowest BCUT2D eigenvalue weighted by molar-refractivity contribution is 0.501. The number of benzene rings is 1. The summed E-state index contributed by atoms with van der Waals surface area (Å²) in [4.78, 5) is 4.47. The summed E-state index contributed by atoms with van der Waals surface area (Å²) in [6.45, 7) is 9.42. The van der Waals surface area contributed by atoms with Crippen LogP contribution in [0.1, 0.15) is 33.3 Å². The quantitative estimate of drug-likeness (QED) is 0.658. The van der Waals surface area contributed by atoms with Crippen LogP contribution in [0.3, 0.4) is 0 Å². The van der Waals surface area contributed by atoms with Gasteiger partial charge in [-0.15, -0.1) is 0 Å². The summed E-state index contributed by atoms with van der Waals surface area (Å²) in [7, 11) is 0. The predicted octanol–water partition coefficient (Wildman–Crippen LogP) is 3.44. The van der Waals surface area contributed by atoms with Crippen LogP contribution in [0.4, 0.5) is 4.39 Å². The van der Waals surface area contributed by atoms with Gasteiger partial charge in [0.05, 0.1) is 6.54 Å². The third kappa shape index (κ3) is 6.05. The van der Waals surface area contributed by atoms with Gasteiger partial charge in [-0.1, -0.05) is 15.9 Å². The molecule has 106 valence electrons. The molecule has 0 amide bonds. The molecule has 2 N–H and O–H groups in total. The number of guanidine groups is 1. The number of halogens is 2. The van der Waals surface area contributed by atoms with E-state index in [-0.39, 0.29) is 11.4 Å². The van der Waals surface area contributed by atoms with Gasteiger partial charge >= 0.3 is 0 Å². The lowest BCUT2D eigenvalue weighted by Gasteiger charge is -2.23. The summed E-state index contributed by atoms with van der Waals surface area (Å²) in [5.74, 6) is 0.480. The van der Waals surface area contributed by atoms with Crippen molar-refractivity contribution < 1.29 is 4.39 Å². The molecule has 0 unspecified atom stereocenters. The Morgan fingerprint density at radius 2 is 2.05 bits per heavy atom. The zero-order valence-electron chi connectivity index (χ0n) is 11.8. The van der Waals surface area contributed by atoms with Crippen LogP contribution in [-0.2, 0) is 6.54 Å². The van der Waals surface area contributed by atoms with Gasteiger partial charge in [0.15, 0.2) is 5.96 Å². The van der Waals surface area contributed by atoms with Crippen LogP contribution in [0, 0.1) is 5.82 Å². The van der Waals surface area contributed by atoms with Gasteiger partial charge in [0.25, 0.3) is 0 Å². The number of nitrogens with one attached hydrogen (secondary N) is 2. The Morgan fingerprint density at radius 3 is 2.63 bits per heavy atom. The Hall–Kier alpha value is -1.10. The highest BCUT2D eigenvalue weighted by Gasteiger charge is 2.11. The maximum atomic E-state index is 13.2. The number of nitrogens with zero attached hydrogens (tertiary/aromatic N) is 1. The Labute approximate surface area is 122 Å². The van der Waals surface area contributed by atoms with Gasteiger partial charge in [-0.05, 0) is 51.5 Å². The Morgan fingerprint density at radius 1 is 1.37 bits per heavy atom. The van der Waals surface area contributed by atoms with Crippen LogP contribution >= 0.6 is 15.9 Å². The van der Waals surface area contributed by atoms with Crippen molar-refractivity contribution in [2.75, 3.05) is 6.54 Å². The van der Waals surface area contributed by atoms with Gasteiger partial charge in [-0.3, -0.25) is 0 Å². The molecule has 0 spiro atoms. The first-order valence-corrected chi connectivity index (χ1v) is 7.11. The van der Waals surface area contributed by atoms with E-state index in [0.29, 0.717) is 6.54 Å². The molecule has 0 aromatic heterocycles. The average molecular weight is 330 g/mol. The Balaban J connectivity index is 2.82. The van der Waals surface area contributed by atoms with E-state index in [2.05, 4.69) is 52.3 Å². The molecule has 19 heavy (non-hydrogen) atoms. The maximum Gasteiger partial charge on any atom is 0.191 e. The molecule has 0 aliphatic heterocycles. The topological polar surface area (TPSA) is 36.4 Å². The summed E-state index contributed by atoms with van der Waals surface area (Å²) >= 11 is 3.40. The van der Waals surface area contributed by atoms with E-state index in [0.717, 1.165) is 22.5 Å². The van der Waals surface area contributed by atoms with Crippen LogP contribution in [-0.4, -0.2) is 18.0 Å². The van der Waals surface area contributed by atoms with E-state index >= 15 is 0 Å². The number of rotatable bonds is 3. The minimum absolute atomic E-state index is 0.0693. The summed E-state index contributed by atoms with van der Waals surface area (Å²) < 4.78 is 14.1. The molecular weight excluding hydrogens is 309 g/mol. The van der Waals surface area contributed by atoms with E-state index in [1.54, 1.807) is 6.07 Å². The molecule has 0 aliphatic rings. The van der Waals surface area contributed by atoms with Crippen molar-refractivity contribution in [2.24, 2.45) is 4.99 Å². The van der Waals surface area contributed by atoms with Crippen molar-refractivity contribution in [2.45, 2.75) is 39.8 Å². The second kappa shape index (κ2) is 6.89. The van der Waals surface area contributed by atoms with Crippen molar-refractivity contribution in [3.63, 3.8) is 0 Å². The first kappa shape index (κ1) is 16.0. The summed E-state index contributed by atoms with van der Waals surface area (Å²) in [5, 5.41) is 6.46. The van der Waals surface area contributed by atoms with Crippen molar-refractivity contribution in [3.05, 3.63) is 34.1 Å². The summed E-state index contributed by atoms with van der Waals surface area (Å²) in [6, 6.07) is 4.62. The normalized spacial score (nSPS) is 12.4. The minimum atomic E-state index is -0.248. The highest BCUT2D eigenvalue weighted by molar-refractivity contribution is 9.10. The zero-order valence-corrected chi connectivity index (χ0v) is 13.4. The average Bonchev–Trinajstić information content (AvgIpc) is 2.28. The molecular formula is C14H21BrFN3. The molecule has 5 heteroatoms. The largest absolute Gasteiger partial charge is 0.357 e. The molecule has 0 aliphatic carbocycles. The fourth-order valence-corrected chi connectivity index (χ4v) is 1.86. The van der Waals surface area contributed by atoms with Crippen molar-refractivity contribution in [1.29, 1.82) is 0 Å². The molecule has 0 atom stereocenters. The molecule has 1 aromatic rings. The molecule has 0 fully saturated rings. The van der Waals surface area contributed by atoms with Crippen molar-refractivity contribution >= 4 is 21.9 Å². The predicted molar refractivity (Wildman–Crippen MR) is 81.8 cm³/mol. The number of aliphatic imine (C=N–C) groups is 1. The molecule has 0 bridgehead atoms. The van der Waals surface area contributed by atoms with Gasteiger partial charge in [0, 0.05) is 16.6 Å². The second-order valence-corrected chi connectivity index (χ2v) is 6.16. The number of hydrogen-bond donors (Lipinski definition) is 2. The van der Waals surface area contributed by atoms with Crippen molar-refractivity contribution in [3.8, 4) is 0 Å². The van der Waals surface area contributed by atoms with Crippen LogP contribution < -0.4 is 10.6 Å². The van der Waals surface area contributed by atoms with Gasteiger partial charge in [-0.2, -0.15) is 0 Å². The lowest BCUT2D eigenvalue weighted by atomic mass is 10.1. The lowest BCUT2D eigenvalue weighted by Crippen LogP contribution is -2.47. The molecule has 1 aromatic carbocycles. The van der Waals surface area contributed by atoms with E-state index in [9.17, 15) is 4.39 Å². The van der Waals surface area contributed by atoms with Gasteiger partial charge < -0.3 is 10.6 Å². The highest BCUT2D eigenvalue weighted by Crippen LogP contribution is 2.18. The smallest absolute Gasteiger partial charge is 0.191 e. The summed E-state index contributed by atoms with van der Waals surface area (Å²) in [6.07, 6.45) is 0. The Kier molecular flexibility index (Phi) is 5.79. The van der Waals surface area contributed by atoms with Gasteiger partial charge in [-0.25, -0.2) is 9.38 Å².